The molecule has 0 amide bonds. The molecule has 0 heterocycles. The van der Waals surface area contributed by atoms with Crippen LogP contribution in [0, 0.1) is 17.3 Å². The van der Waals surface area contributed by atoms with E-state index < -0.39 is 0 Å². The molecule has 0 aromatic rings. The van der Waals surface area contributed by atoms with Crippen LogP contribution in [0.2, 0.25) is 0 Å². The zero-order chi connectivity index (χ0) is 14.2. The van der Waals surface area contributed by atoms with Gasteiger partial charge in [-0.3, -0.25) is 4.79 Å². The van der Waals surface area contributed by atoms with Gasteiger partial charge >= 0.3 is 5.97 Å². The molecule has 0 aliphatic carbocycles. The second-order valence-electron chi connectivity index (χ2n) is 6.59. The van der Waals surface area contributed by atoms with Crippen LogP contribution in [0.15, 0.2) is 0 Å². The predicted molar refractivity (Wildman–Crippen MR) is 77.5 cm³/mol. The normalized spacial score (nSPS) is 13.7. The first-order valence-electron chi connectivity index (χ1n) is 7.46. The molecule has 0 unspecified atom stereocenters. The molecule has 0 saturated heterocycles. The van der Waals surface area contributed by atoms with Gasteiger partial charge in [-0.2, -0.15) is 0 Å². The molecule has 0 aromatic carbocycles. The molecule has 2 nitrogen and oxygen atoms in total. The zero-order valence-electron chi connectivity index (χ0n) is 13.2. The average molecular weight is 256 g/mol. The highest BCUT2D eigenvalue weighted by Crippen LogP contribution is 2.22. The van der Waals surface area contributed by atoms with Crippen LogP contribution >= 0.6 is 0 Å². The van der Waals surface area contributed by atoms with E-state index in [-0.39, 0.29) is 11.4 Å². The number of hydrogen-bond donors (Lipinski definition) is 0. The molecule has 2 heteroatoms. The number of hydrogen-bond acceptors (Lipinski definition) is 2. The average Bonchev–Trinajstić information content (AvgIpc) is 2.28. The summed E-state index contributed by atoms with van der Waals surface area (Å²) in [6, 6.07) is 0. The first kappa shape index (κ1) is 17.5. The van der Waals surface area contributed by atoms with Crippen LogP contribution in [-0.2, 0) is 9.53 Å². The van der Waals surface area contributed by atoms with Gasteiger partial charge in [-0.25, -0.2) is 0 Å². The Balaban J connectivity index is 3.68. The van der Waals surface area contributed by atoms with Crippen molar-refractivity contribution in [3.8, 4) is 0 Å². The molecule has 0 aliphatic rings. The fraction of sp³-hybridized carbons (Fsp3) is 0.938. The van der Waals surface area contributed by atoms with Crippen molar-refractivity contribution in [2.45, 2.75) is 73.6 Å². The Morgan fingerprint density at radius 2 is 1.72 bits per heavy atom. The quantitative estimate of drug-likeness (QED) is 0.553. The minimum Gasteiger partial charge on any atom is -0.465 e. The van der Waals surface area contributed by atoms with Crippen molar-refractivity contribution in [2.75, 3.05) is 6.61 Å². The summed E-state index contributed by atoms with van der Waals surface area (Å²) in [6.07, 6.45) is 5.65. The second-order valence-corrected chi connectivity index (χ2v) is 6.59. The lowest BCUT2D eigenvalue weighted by atomic mass is 9.90. The zero-order valence-corrected chi connectivity index (χ0v) is 13.2. The Labute approximate surface area is 113 Å². The van der Waals surface area contributed by atoms with Crippen molar-refractivity contribution < 1.29 is 9.53 Å². The summed E-state index contributed by atoms with van der Waals surface area (Å²) >= 11 is 0. The molecule has 0 spiro atoms. The molecule has 0 saturated carbocycles. The van der Waals surface area contributed by atoms with Crippen LogP contribution in [0.25, 0.3) is 0 Å². The summed E-state index contributed by atoms with van der Waals surface area (Å²) in [7, 11) is 0. The van der Waals surface area contributed by atoms with Crippen molar-refractivity contribution in [2.24, 2.45) is 17.3 Å². The molecule has 18 heavy (non-hydrogen) atoms. The van der Waals surface area contributed by atoms with E-state index in [9.17, 15) is 4.79 Å². The number of rotatable bonds is 9. The van der Waals surface area contributed by atoms with Crippen LogP contribution in [0.4, 0.5) is 0 Å². The molecule has 0 radical (unpaired) electrons. The molecular weight excluding hydrogens is 224 g/mol. The summed E-state index contributed by atoms with van der Waals surface area (Å²) in [5.41, 5.74) is -0.332. The van der Waals surface area contributed by atoms with Gasteiger partial charge in [-0.1, -0.05) is 47.0 Å². The second kappa shape index (κ2) is 8.55. The molecule has 0 bridgehead atoms. The number of carbonyl (C=O) groups excluding carboxylic acids is 1. The van der Waals surface area contributed by atoms with E-state index in [1.54, 1.807) is 0 Å². The maximum Gasteiger partial charge on any atom is 0.311 e. The maximum absolute atomic E-state index is 11.8. The van der Waals surface area contributed by atoms with Gasteiger partial charge in [0, 0.05) is 0 Å². The molecule has 0 aliphatic heterocycles. The third kappa shape index (κ3) is 7.73. The van der Waals surface area contributed by atoms with Gasteiger partial charge in [0.15, 0.2) is 0 Å². The minimum atomic E-state index is -0.332. The molecule has 0 rings (SSSR count). The first-order chi connectivity index (χ1) is 8.29. The van der Waals surface area contributed by atoms with E-state index in [0.717, 1.165) is 18.8 Å². The highest BCUT2D eigenvalue weighted by Gasteiger charge is 2.26. The monoisotopic (exact) mass is 256 g/mol. The molecule has 0 N–H and O–H groups in total. The number of carbonyl (C=O) groups is 1. The van der Waals surface area contributed by atoms with Crippen LogP contribution < -0.4 is 0 Å². The van der Waals surface area contributed by atoms with Gasteiger partial charge in [0.05, 0.1) is 12.0 Å². The summed E-state index contributed by atoms with van der Waals surface area (Å²) in [4.78, 5) is 11.8. The van der Waals surface area contributed by atoms with E-state index in [1.165, 1.54) is 19.3 Å². The minimum absolute atomic E-state index is 0.0561. The Hall–Kier alpha value is -0.530. The van der Waals surface area contributed by atoms with Crippen LogP contribution in [0.3, 0.4) is 0 Å². The summed E-state index contributed by atoms with van der Waals surface area (Å²) < 4.78 is 5.36. The fourth-order valence-electron chi connectivity index (χ4n) is 1.71. The molecular formula is C16H32O2. The van der Waals surface area contributed by atoms with E-state index >= 15 is 0 Å². The fourth-order valence-corrected chi connectivity index (χ4v) is 1.71. The summed E-state index contributed by atoms with van der Waals surface area (Å²) in [5, 5.41) is 0. The van der Waals surface area contributed by atoms with Gasteiger partial charge in [-0.15, -0.1) is 0 Å². The van der Waals surface area contributed by atoms with Gasteiger partial charge in [0.25, 0.3) is 0 Å². The SMILES string of the molecule is CCC(C)(C)C(=O)OCC[C@H](C)CCCC(C)C. The van der Waals surface area contributed by atoms with Crippen molar-refractivity contribution in [1.82, 2.24) is 0 Å². The van der Waals surface area contributed by atoms with E-state index in [0.29, 0.717) is 12.5 Å². The molecule has 0 aromatic heterocycles. The smallest absolute Gasteiger partial charge is 0.311 e. The van der Waals surface area contributed by atoms with Gasteiger partial charge in [0.2, 0.25) is 0 Å². The lowest BCUT2D eigenvalue weighted by Crippen LogP contribution is -2.26. The van der Waals surface area contributed by atoms with E-state index in [1.807, 2.05) is 20.8 Å². The highest BCUT2D eigenvalue weighted by molar-refractivity contribution is 5.75. The third-order valence-electron chi connectivity index (χ3n) is 3.76. The maximum atomic E-state index is 11.8. The lowest BCUT2D eigenvalue weighted by Gasteiger charge is -2.21. The van der Waals surface area contributed by atoms with Crippen LogP contribution in [0.5, 0.6) is 0 Å². The molecule has 0 fully saturated rings. The summed E-state index contributed by atoms with van der Waals surface area (Å²) in [5.74, 6) is 1.39. The Morgan fingerprint density at radius 3 is 2.22 bits per heavy atom. The van der Waals surface area contributed by atoms with Crippen LogP contribution in [0.1, 0.15) is 73.6 Å². The highest BCUT2D eigenvalue weighted by atomic mass is 16.5. The molecule has 108 valence electrons. The van der Waals surface area contributed by atoms with Gasteiger partial charge in [-0.05, 0) is 38.5 Å². The van der Waals surface area contributed by atoms with Crippen LogP contribution in [-0.4, -0.2) is 12.6 Å². The largest absolute Gasteiger partial charge is 0.465 e. The number of esters is 1. The van der Waals surface area contributed by atoms with E-state index in [2.05, 4.69) is 20.8 Å². The van der Waals surface area contributed by atoms with Crippen molar-refractivity contribution in [3.05, 3.63) is 0 Å². The first-order valence-corrected chi connectivity index (χ1v) is 7.46. The molecule has 1 atom stereocenters. The summed E-state index contributed by atoms with van der Waals surface area (Å²) in [6.45, 7) is 13.3. The number of ether oxygens (including phenoxy) is 1. The van der Waals surface area contributed by atoms with Gasteiger partial charge in [0.1, 0.15) is 0 Å². The Morgan fingerprint density at radius 1 is 1.11 bits per heavy atom. The van der Waals surface area contributed by atoms with Gasteiger partial charge < -0.3 is 4.74 Å². The topological polar surface area (TPSA) is 26.3 Å². The van der Waals surface area contributed by atoms with Crippen molar-refractivity contribution >= 4 is 5.97 Å². The third-order valence-corrected chi connectivity index (χ3v) is 3.76. The van der Waals surface area contributed by atoms with Crippen molar-refractivity contribution in [3.63, 3.8) is 0 Å². The Bertz CT molecular complexity index is 231. The predicted octanol–water partition coefficient (Wildman–Crippen LogP) is 4.82. The van der Waals surface area contributed by atoms with Crippen molar-refractivity contribution in [1.29, 1.82) is 0 Å². The van der Waals surface area contributed by atoms with E-state index in [4.69, 9.17) is 4.74 Å². The Kier molecular flexibility index (Phi) is 8.30. The lowest BCUT2D eigenvalue weighted by molar-refractivity contribution is -0.154. The standard InChI is InChI=1S/C16H32O2/c1-7-16(5,6)15(17)18-12-11-14(4)10-8-9-13(2)3/h13-14H,7-12H2,1-6H3/t14-/m1/s1.